The maximum atomic E-state index is 13.2. The first-order valence-corrected chi connectivity index (χ1v) is 12.6. The van der Waals surface area contributed by atoms with Crippen molar-refractivity contribution in [3.8, 4) is 0 Å². The zero-order chi connectivity index (χ0) is 24.5. The average Bonchev–Trinajstić information content (AvgIpc) is 3.28. The van der Waals surface area contributed by atoms with Gasteiger partial charge in [-0.2, -0.15) is 0 Å². The summed E-state index contributed by atoms with van der Waals surface area (Å²) in [6, 6.07) is 13.0. The summed E-state index contributed by atoms with van der Waals surface area (Å²) >= 11 is 1.47. The molecule has 3 heterocycles. The Balaban J connectivity index is 1.57. The van der Waals surface area contributed by atoms with Gasteiger partial charge in [0.05, 0.1) is 10.9 Å². The van der Waals surface area contributed by atoms with Gasteiger partial charge in [0.2, 0.25) is 5.78 Å². The van der Waals surface area contributed by atoms with Gasteiger partial charge in [0.25, 0.3) is 5.56 Å². The molecular weight excluding hydrogens is 464 g/mol. The van der Waals surface area contributed by atoms with E-state index in [1.54, 1.807) is 4.57 Å². The Morgan fingerprint density at radius 1 is 1.06 bits per heavy atom. The summed E-state index contributed by atoms with van der Waals surface area (Å²) in [5.41, 5.74) is 3.81. The summed E-state index contributed by atoms with van der Waals surface area (Å²) in [5.74, 6) is 1.00. The quantitative estimate of drug-likeness (QED) is 0.180. The van der Waals surface area contributed by atoms with Crippen LogP contribution in [0.25, 0.3) is 27.6 Å². The topological polar surface area (TPSA) is 91.6 Å². The molecule has 0 saturated carbocycles. The van der Waals surface area contributed by atoms with E-state index in [2.05, 4.69) is 10.2 Å². The van der Waals surface area contributed by atoms with Crippen LogP contribution in [0.3, 0.4) is 0 Å². The molecule has 0 bridgehead atoms. The number of thioether (sulfide) groups is 1. The molecule has 35 heavy (non-hydrogen) atoms. The molecule has 180 valence electrons. The number of ether oxygens (including phenoxy) is 1. The van der Waals surface area contributed by atoms with Crippen LogP contribution in [0.5, 0.6) is 0 Å². The smallest absolute Gasteiger partial charge is 0.336 e. The molecule has 2 aromatic carbocycles. The molecule has 0 unspecified atom stereocenters. The highest BCUT2D eigenvalue weighted by atomic mass is 32.2. The molecule has 0 aliphatic carbocycles. The van der Waals surface area contributed by atoms with E-state index in [0.29, 0.717) is 53.8 Å². The van der Waals surface area contributed by atoms with Crippen molar-refractivity contribution in [3.05, 3.63) is 79.9 Å². The summed E-state index contributed by atoms with van der Waals surface area (Å²) < 4.78 is 14.6. The summed E-state index contributed by atoms with van der Waals surface area (Å²) in [5, 5.41) is 11.0. The fourth-order valence-electron chi connectivity index (χ4n) is 4.28. The molecule has 0 amide bonds. The van der Waals surface area contributed by atoms with E-state index in [1.165, 1.54) is 17.8 Å². The number of para-hydroxylation sites is 1. The minimum Gasteiger partial charge on any atom is -0.422 e. The van der Waals surface area contributed by atoms with Gasteiger partial charge in [-0.15, -0.1) is 10.2 Å². The molecule has 0 aliphatic heterocycles. The van der Waals surface area contributed by atoms with E-state index in [4.69, 9.17) is 9.15 Å². The number of aromatic nitrogens is 4. The van der Waals surface area contributed by atoms with Crippen molar-refractivity contribution >= 4 is 39.4 Å². The summed E-state index contributed by atoms with van der Waals surface area (Å²) in [6.45, 7) is 7.60. The Morgan fingerprint density at radius 3 is 2.71 bits per heavy atom. The molecule has 5 rings (SSSR count). The van der Waals surface area contributed by atoms with Gasteiger partial charge in [-0.3, -0.25) is 13.8 Å². The van der Waals surface area contributed by atoms with Gasteiger partial charge in [-0.05, 0) is 56.0 Å². The second-order valence-electron chi connectivity index (χ2n) is 8.41. The van der Waals surface area contributed by atoms with Crippen LogP contribution < -0.4 is 11.2 Å². The second-order valence-corrected chi connectivity index (χ2v) is 9.35. The lowest BCUT2D eigenvalue weighted by Crippen LogP contribution is -2.24. The number of hydrogen-bond acceptors (Lipinski definition) is 7. The van der Waals surface area contributed by atoms with Crippen molar-refractivity contribution in [2.24, 2.45) is 0 Å². The first-order valence-electron chi connectivity index (χ1n) is 11.6. The number of hydrogen-bond donors (Lipinski definition) is 0. The van der Waals surface area contributed by atoms with Crippen molar-refractivity contribution in [2.45, 2.75) is 44.6 Å². The van der Waals surface area contributed by atoms with Crippen LogP contribution in [-0.2, 0) is 17.0 Å². The highest BCUT2D eigenvalue weighted by Gasteiger charge is 2.18. The summed E-state index contributed by atoms with van der Waals surface area (Å²) in [6.07, 6.45) is 0.696. The molecule has 0 aliphatic rings. The third-order valence-corrected chi connectivity index (χ3v) is 7.20. The predicted octanol–water partition coefficient (Wildman–Crippen LogP) is 4.49. The van der Waals surface area contributed by atoms with Gasteiger partial charge in [0, 0.05) is 37.0 Å². The van der Waals surface area contributed by atoms with Crippen LogP contribution in [0.1, 0.15) is 30.0 Å². The van der Waals surface area contributed by atoms with Gasteiger partial charge in [0.1, 0.15) is 5.58 Å². The van der Waals surface area contributed by atoms with Crippen molar-refractivity contribution < 1.29 is 9.15 Å². The fraction of sp³-hybridized carbons (Fsp3) is 0.308. The maximum Gasteiger partial charge on any atom is 0.336 e. The van der Waals surface area contributed by atoms with Crippen LogP contribution in [0.15, 0.2) is 61.6 Å². The molecule has 5 aromatic rings. The van der Waals surface area contributed by atoms with E-state index < -0.39 is 0 Å². The van der Waals surface area contributed by atoms with Gasteiger partial charge in [-0.1, -0.05) is 36.0 Å². The zero-order valence-corrected chi connectivity index (χ0v) is 20.7. The summed E-state index contributed by atoms with van der Waals surface area (Å²) in [4.78, 5) is 25.5. The van der Waals surface area contributed by atoms with Gasteiger partial charge in [0.15, 0.2) is 5.16 Å². The number of fused-ring (bicyclic) bond motifs is 4. The SMILES string of the molecule is CCOCCCn1c(=O)c2ccccc2n2c(SCc3cc(=O)oc4c(C)c(C)ccc34)nnc12. The van der Waals surface area contributed by atoms with Crippen LogP contribution >= 0.6 is 11.8 Å². The largest absolute Gasteiger partial charge is 0.422 e. The van der Waals surface area contributed by atoms with Crippen molar-refractivity contribution in [2.75, 3.05) is 13.2 Å². The lowest BCUT2D eigenvalue weighted by molar-refractivity contribution is 0.141. The van der Waals surface area contributed by atoms with Crippen LogP contribution in [-0.4, -0.2) is 32.4 Å². The van der Waals surface area contributed by atoms with E-state index in [0.717, 1.165) is 27.6 Å². The fourth-order valence-corrected chi connectivity index (χ4v) is 5.22. The van der Waals surface area contributed by atoms with Gasteiger partial charge >= 0.3 is 5.63 Å². The maximum absolute atomic E-state index is 13.2. The molecule has 8 nitrogen and oxygen atoms in total. The highest BCUT2D eigenvalue weighted by Crippen LogP contribution is 2.29. The first kappa shape index (κ1) is 23.3. The monoisotopic (exact) mass is 490 g/mol. The molecule has 0 spiro atoms. The molecule has 3 aromatic heterocycles. The highest BCUT2D eigenvalue weighted by molar-refractivity contribution is 7.98. The van der Waals surface area contributed by atoms with Crippen LogP contribution in [0.4, 0.5) is 0 Å². The second kappa shape index (κ2) is 9.67. The van der Waals surface area contributed by atoms with E-state index >= 15 is 0 Å². The minimum absolute atomic E-state index is 0.0916. The van der Waals surface area contributed by atoms with E-state index in [1.807, 2.05) is 61.6 Å². The normalized spacial score (nSPS) is 11.7. The third kappa shape index (κ3) is 4.26. The number of benzene rings is 2. The van der Waals surface area contributed by atoms with Crippen molar-refractivity contribution in [1.82, 2.24) is 19.2 Å². The average molecular weight is 491 g/mol. The molecule has 9 heteroatoms. The lowest BCUT2D eigenvalue weighted by Gasteiger charge is -2.12. The Hall–Kier alpha value is -3.43. The standard InChI is InChI=1S/C26H26N4O4S/c1-4-33-13-7-12-29-24(32)20-8-5-6-9-21(20)30-25(29)27-28-26(30)35-15-18-14-22(31)34-23-17(3)16(2)10-11-19(18)23/h5-6,8-11,14H,4,7,12-13,15H2,1-3H3. The third-order valence-electron chi connectivity index (χ3n) is 6.23. The predicted molar refractivity (Wildman–Crippen MR) is 137 cm³/mol. The molecule has 0 atom stereocenters. The number of nitrogens with zero attached hydrogens (tertiary/aromatic N) is 4. The number of rotatable bonds is 8. The first-order chi connectivity index (χ1) is 17.0. The molecule has 0 saturated heterocycles. The van der Waals surface area contributed by atoms with Crippen molar-refractivity contribution in [3.63, 3.8) is 0 Å². The van der Waals surface area contributed by atoms with Crippen LogP contribution in [0.2, 0.25) is 0 Å². The van der Waals surface area contributed by atoms with Gasteiger partial charge in [-0.25, -0.2) is 4.79 Å². The summed E-state index contributed by atoms with van der Waals surface area (Å²) in [7, 11) is 0. The van der Waals surface area contributed by atoms with E-state index in [-0.39, 0.29) is 11.2 Å². The number of aryl methyl sites for hydroxylation is 3. The van der Waals surface area contributed by atoms with Crippen LogP contribution in [0, 0.1) is 13.8 Å². The lowest BCUT2D eigenvalue weighted by atomic mass is 10.0. The Morgan fingerprint density at radius 2 is 1.89 bits per heavy atom. The van der Waals surface area contributed by atoms with E-state index in [9.17, 15) is 9.59 Å². The Bertz CT molecular complexity index is 1670. The minimum atomic E-state index is -0.374. The van der Waals surface area contributed by atoms with Crippen molar-refractivity contribution in [1.29, 1.82) is 0 Å². The Kier molecular flexibility index (Phi) is 6.44. The Labute approximate surface area is 205 Å². The zero-order valence-electron chi connectivity index (χ0n) is 19.9. The molecule has 0 radical (unpaired) electrons. The van der Waals surface area contributed by atoms with Gasteiger partial charge < -0.3 is 9.15 Å². The molecule has 0 fully saturated rings. The molecule has 0 N–H and O–H groups in total. The molecular formula is C26H26N4O4S.